The van der Waals surface area contributed by atoms with Crippen molar-refractivity contribution < 1.29 is 14.7 Å². The Bertz CT molecular complexity index is 502. The van der Waals surface area contributed by atoms with Crippen molar-refractivity contribution in [2.45, 2.75) is 32.1 Å². The molecule has 0 aromatic carbocycles. The van der Waals surface area contributed by atoms with Crippen LogP contribution in [0.1, 0.15) is 30.5 Å². The van der Waals surface area contributed by atoms with Gasteiger partial charge >= 0.3 is 5.97 Å². The average Bonchev–Trinajstić information content (AvgIpc) is 2.45. The molecule has 20 heavy (non-hydrogen) atoms. The van der Waals surface area contributed by atoms with Gasteiger partial charge in [0.1, 0.15) is 12.4 Å². The van der Waals surface area contributed by atoms with Crippen molar-refractivity contribution in [2.24, 2.45) is 0 Å². The number of aryl methyl sites for hydroxylation is 2. The molecule has 0 radical (unpaired) electrons. The van der Waals surface area contributed by atoms with Crippen LogP contribution in [0.3, 0.4) is 0 Å². The summed E-state index contributed by atoms with van der Waals surface area (Å²) >= 11 is 0. The SMILES string of the molecule is O=C(O)CNC(=O)CCCc1ccc2c(n1)NCCC2. The number of carbonyl (C=O) groups is 2. The van der Waals surface area contributed by atoms with Gasteiger partial charge in [0.05, 0.1) is 0 Å². The van der Waals surface area contributed by atoms with Gasteiger partial charge in [0.15, 0.2) is 0 Å². The number of hydrogen-bond donors (Lipinski definition) is 3. The number of aliphatic carboxylic acids is 1. The van der Waals surface area contributed by atoms with Crippen LogP contribution in [0.25, 0.3) is 0 Å². The van der Waals surface area contributed by atoms with Crippen LogP contribution in [0, 0.1) is 0 Å². The second-order valence-electron chi connectivity index (χ2n) is 4.86. The first-order chi connectivity index (χ1) is 9.65. The summed E-state index contributed by atoms with van der Waals surface area (Å²) in [6, 6.07) is 4.09. The van der Waals surface area contributed by atoms with Gasteiger partial charge in [0.2, 0.25) is 5.91 Å². The molecule has 0 saturated carbocycles. The van der Waals surface area contributed by atoms with Gasteiger partial charge < -0.3 is 15.7 Å². The lowest BCUT2D eigenvalue weighted by atomic mass is 10.1. The van der Waals surface area contributed by atoms with E-state index in [1.54, 1.807) is 0 Å². The third-order valence-electron chi connectivity index (χ3n) is 3.23. The maximum atomic E-state index is 11.4. The molecule has 1 aromatic heterocycles. The molecule has 0 unspecified atom stereocenters. The van der Waals surface area contributed by atoms with Crippen LogP contribution in [0.5, 0.6) is 0 Å². The van der Waals surface area contributed by atoms with E-state index in [4.69, 9.17) is 5.11 Å². The molecule has 6 heteroatoms. The maximum absolute atomic E-state index is 11.4. The molecular formula is C14H19N3O3. The lowest BCUT2D eigenvalue weighted by molar-refractivity contribution is -0.137. The number of aromatic nitrogens is 1. The minimum atomic E-state index is -1.03. The van der Waals surface area contributed by atoms with E-state index in [2.05, 4.69) is 21.7 Å². The average molecular weight is 277 g/mol. The molecule has 1 aliphatic rings. The zero-order chi connectivity index (χ0) is 14.4. The third kappa shape index (κ3) is 4.22. The topological polar surface area (TPSA) is 91.3 Å². The van der Waals surface area contributed by atoms with Gasteiger partial charge in [-0.1, -0.05) is 6.07 Å². The summed E-state index contributed by atoms with van der Waals surface area (Å²) in [6.07, 6.45) is 3.90. The Morgan fingerprint density at radius 1 is 1.40 bits per heavy atom. The number of fused-ring (bicyclic) bond motifs is 1. The molecule has 0 atom stereocenters. The number of rotatable bonds is 6. The van der Waals surface area contributed by atoms with Gasteiger partial charge in [0, 0.05) is 18.7 Å². The van der Waals surface area contributed by atoms with Gasteiger partial charge in [-0.25, -0.2) is 4.98 Å². The van der Waals surface area contributed by atoms with Gasteiger partial charge in [-0.05, 0) is 37.3 Å². The number of anilines is 1. The van der Waals surface area contributed by atoms with E-state index in [0.29, 0.717) is 12.8 Å². The second-order valence-corrected chi connectivity index (χ2v) is 4.86. The molecule has 2 heterocycles. The van der Waals surface area contributed by atoms with E-state index in [1.165, 1.54) is 5.56 Å². The molecule has 1 aromatic rings. The molecule has 0 saturated heterocycles. The molecule has 0 bridgehead atoms. The standard InChI is InChI=1S/C14H19N3O3/c18-12(16-9-13(19)20)5-1-4-11-7-6-10-3-2-8-15-14(10)17-11/h6-7H,1-5,8-9H2,(H,15,17)(H,16,18)(H,19,20). The Morgan fingerprint density at radius 2 is 2.25 bits per heavy atom. The van der Waals surface area contributed by atoms with Gasteiger partial charge in [-0.2, -0.15) is 0 Å². The predicted octanol–water partition coefficient (Wildman–Crippen LogP) is 0.963. The fourth-order valence-corrected chi connectivity index (χ4v) is 2.20. The number of pyridine rings is 1. The lowest BCUT2D eigenvalue weighted by Gasteiger charge is -2.17. The zero-order valence-electron chi connectivity index (χ0n) is 11.3. The predicted molar refractivity (Wildman–Crippen MR) is 74.6 cm³/mol. The minimum absolute atomic E-state index is 0.233. The highest BCUT2D eigenvalue weighted by Crippen LogP contribution is 2.20. The largest absolute Gasteiger partial charge is 0.480 e. The van der Waals surface area contributed by atoms with E-state index in [9.17, 15) is 9.59 Å². The molecule has 0 fully saturated rings. The Labute approximate surface area is 117 Å². The molecule has 6 nitrogen and oxygen atoms in total. The monoisotopic (exact) mass is 277 g/mol. The number of carboxylic acid groups (broad SMARTS) is 1. The summed E-state index contributed by atoms with van der Waals surface area (Å²) in [5, 5.41) is 14.1. The maximum Gasteiger partial charge on any atom is 0.322 e. The molecular weight excluding hydrogens is 258 g/mol. The molecule has 0 spiro atoms. The van der Waals surface area contributed by atoms with Gasteiger partial charge in [0.25, 0.3) is 0 Å². The first kappa shape index (κ1) is 14.3. The number of nitrogens with zero attached hydrogens (tertiary/aromatic N) is 1. The van der Waals surface area contributed by atoms with Crippen LogP contribution in [0.15, 0.2) is 12.1 Å². The summed E-state index contributed by atoms with van der Waals surface area (Å²) in [7, 11) is 0. The van der Waals surface area contributed by atoms with Crippen LogP contribution in [0.2, 0.25) is 0 Å². The number of carbonyl (C=O) groups excluding carboxylic acids is 1. The summed E-state index contributed by atoms with van der Waals surface area (Å²) < 4.78 is 0. The van der Waals surface area contributed by atoms with Gasteiger partial charge in [-0.15, -0.1) is 0 Å². The first-order valence-electron chi connectivity index (χ1n) is 6.86. The molecule has 1 amide bonds. The number of amides is 1. The smallest absolute Gasteiger partial charge is 0.322 e. The second kappa shape index (κ2) is 6.88. The van der Waals surface area contributed by atoms with Crippen LogP contribution >= 0.6 is 0 Å². The number of carboxylic acids is 1. The minimum Gasteiger partial charge on any atom is -0.480 e. The highest BCUT2D eigenvalue weighted by molar-refractivity contribution is 5.80. The van der Waals surface area contributed by atoms with Crippen LogP contribution in [-0.2, 0) is 22.4 Å². The van der Waals surface area contributed by atoms with Crippen molar-refractivity contribution in [3.63, 3.8) is 0 Å². The van der Waals surface area contributed by atoms with Crippen molar-refractivity contribution in [1.29, 1.82) is 0 Å². The molecule has 3 N–H and O–H groups in total. The van der Waals surface area contributed by atoms with Crippen LogP contribution in [-0.4, -0.2) is 35.1 Å². The quantitative estimate of drug-likeness (QED) is 0.720. The Morgan fingerprint density at radius 3 is 3.05 bits per heavy atom. The molecule has 108 valence electrons. The van der Waals surface area contributed by atoms with E-state index in [1.807, 2.05) is 6.07 Å². The third-order valence-corrected chi connectivity index (χ3v) is 3.23. The number of nitrogens with one attached hydrogen (secondary N) is 2. The first-order valence-corrected chi connectivity index (χ1v) is 6.86. The summed E-state index contributed by atoms with van der Waals surface area (Å²) in [5.41, 5.74) is 2.21. The Balaban J connectivity index is 1.76. The Hall–Kier alpha value is -2.11. The lowest BCUT2D eigenvalue weighted by Crippen LogP contribution is -2.29. The van der Waals surface area contributed by atoms with Crippen molar-refractivity contribution >= 4 is 17.7 Å². The number of hydrogen-bond acceptors (Lipinski definition) is 4. The molecule has 2 rings (SSSR count). The normalized spacial score (nSPS) is 13.2. The zero-order valence-corrected chi connectivity index (χ0v) is 11.3. The van der Waals surface area contributed by atoms with Crippen molar-refractivity contribution in [1.82, 2.24) is 10.3 Å². The fraction of sp³-hybridized carbons (Fsp3) is 0.500. The highest BCUT2D eigenvalue weighted by atomic mass is 16.4. The van der Waals surface area contributed by atoms with Crippen LogP contribution in [0.4, 0.5) is 5.82 Å². The van der Waals surface area contributed by atoms with E-state index >= 15 is 0 Å². The van der Waals surface area contributed by atoms with E-state index in [-0.39, 0.29) is 12.5 Å². The van der Waals surface area contributed by atoms with E-state index in [0.717, 1.165) is 37.3 Å². The van der Waals surface area contributed by atoms with Crippen LogP contribution < -0.4 is 10.6 Å². The summed E-state index contributed by atoms with van der Waals surface area (Å²) in [6.45, 7) is 0.640. The summed E-state index contributed by atoms with van der Waals surface area (Å²) in [4.78, 5) is 26.2. The summed E-state index contributed by atoms with van der Waals surface area (Å²) in [5.74, 6) is -0.298. The van der Waals surface area contributed by atoms with E-state index < -0.39 is 5.97 Å². The highest BCUT2D eigenvalue weighted by Gasteiger charge is 2.10. The Kier molecular flexibility index (Phi) is 4.92. The molecule has 0 aliphatic carbocycles. The fourth-order valence-electron chi connectivity index (χ4n) is 2.20. The van der Waals surface area contributed by atoms with Crippen molar-refractivity contribution in [3.05, 3.63) is 23.4 Å². The van der Waals surface area contributed by atoms with Crippen molar-refractivity contribution in [2.75, 3.05) is 18.4 Å². The van der Waals surface area contributed by atoms with Crippen molar-refractivity contribution in [3.8, 4) is 0 Å². The van der Waals surface area contributed by atoms with Gasteiger partial charge in [-0.3, -0.25) is 9.59 Å². The molecule has 1 aliphatic heterocycles.